The molecule has 1 aromatic heterocycles. The Hall–Kier alpha value is -2.97. The molecule has 0 aliphatic carbocycles. The van der Waals surface area contributed by atoms with Crippen molar-refractivity contribution in [2.45, 2.75) is 25.8 Å². The number of aromatic nitrogens is 2. The van der Waals surface area contributed by atoms with E-state index in [4.69, 9.17) is 0 Å². The Morgan fingerprint density at radius 1 is 1.36 bits per heavy atom. The maximum Gasteiger partial charge on any atom is 0.317 e. The van der Waals surface area contributed by atoms with Crippen LogP contribution >= 0.6 is 0 Å². The summed E-state index contributed by atoms with van der Waals surface area (Å²) in [7, 11) is 0. The number of benzene rings is 1. The quantitative estimate of drug-likeness (QED) is 0.806. The smallest absolute Gasteiger partial charge is 0.317 e. The van der Waals surface area contributed by atoms with E-state index in [1.165, 1.54) is 12.1 Å². The topological polar surface area (TPSA) is 90.5 Å². The van der Waals surface area contributed by atoms with Gasteiger partial charge in [0.2, 0.25) is 11.9 Å². The molecule has 4 rings (SSSR count). The number of carbonyl (C=O) groups excluding carboxylic acids is 2. The van der Waals surface area contributed by atoms with E-state index in [9.17, 15) is 14.0 Å². The van der Waals surface area contributed by atoms with Gasteiger partial charge in [-0.2, -0.15) is 0 Å². The molecule has 3 heterocycles. The summed E-state index contributed by atoms with van der Waals surface area (Å²) in [6, 6.07) is 4.01. The molecule has 8 nitrogen and oxygen atoms in total. The van der Waals surface area contributed by atoms with Crippen molar-refractivity contribution in [3.63, 3.8) is 0 Å². The van der Waals surface area contributed by atoms with Gasteiger partial charge in [-0.3, -0.25) is 4.79 Å². The van der Waals surface area contributed by atoms with Crippen molar-refractivity contribution >= 4 is 28.8 Å². The third-order valence-corrected chi connectivity index (χ3v) is 5.27. The number of hydrogen-bond donors (Lipinski definition) is 2. The number of fused-ring (bicyclic) bond motifs is 1. The van der Waals surface area contributed by atoms with Crippen LogP contribution in [0.1, 0.15) is 18.5 Å². The first kappa shape index (κ1) is 18.4. The van der Waals surface area contributed by atoms with Gasteiger partial charge in [0.05, 0.1) is 11.2 Å². The van der Waals surface area contributed by atoms with Gasteiger partial charge in [0.1, 0.15) is 11.9 Å². The standard InChI is InChI=1S/C19H23FN6O2/c1-12-14-11-13(20)4-5-15(14)24-18(23-12)26-8-2-3-16(26)17(27)21-6-9-25-10-7-22-19(25)28/h4-5,11,16H,2-3,6-10H2,1H3,(H,21,27)(H,22,28). The van der Waals surface area contributed by atoms with Gasteiger partial charge in [-0.15, -0.1) is 0 Å². The molecule has 1 atom stereocenters. The fourth-order valence-corrected chi connectivity index (χ4v) is 3.80. The van der Waals surface area contributed by atoms with Gasteiger partial charge in [-0.05, 0) is 38.0 Å². The van der Waals surface area contributed by atoms with Gasteiger partial charge >= 0.3 is 6.03 Å². The first-order chi connectivity index (χ1) is 13.5. The van der Waals surface area contributed by atoms with Crippen molar-refractivity contribution < 1.29 is 14.0 Å². The monoisotopic (exact) mass is 386 g/mol. The summed E-state index contributed by atoms with van der Waals surface area (Å²) in [5, 5.41) is 6.34. The minimum atomic E-state index is -0.343. The Bertz CT molecular complexity index is 921. The third kappa shape index (κ3) is 3.56. The molecular weight excluding hydrogens is 363 g/mol. The van der Waals surface area contributed by atoms with Crippen molar-refractivity contribution in [2.24, 2.45) is 0 Å². The van der Waals surface area contributed by atoms with Gasteiger partial charge in [0, 0.05) is 38.1 Å². The molecule has 3 amide bonds. The highest BCUT2D eigenvalue weighted by Crippen LogP contribution is 2.26. The predicted octanol–water partition coefficient (Wildman–Crippen LogP) is 1.19. The minimum absolute atomic E-state index is 0.0856. The second-order valence-corrected chi connectivity index (χ2v) is 7.13. The zero-order valence-corrected chi connectivity index (χ0v) is 15.7. The number of anilines is 1. The van der Waals surface area contributed by atoms with E-state index in [-0.39, 0.29) is 23.8 Å². The van der Waals surface area contributed by atoms with Crippen molar-refractivity contribution in [3.05, 3.63) is 29.7 Å². The molecule has 148 valence electrons. The van der Waals surface area contributed by atoms with Crippen LogP contribution in [0.5, 0.6) is 0 Å². The van der Waals surface area contributed by atoms with Crippen LogP contribution in [-0.2, 0) is 4.79 Å². The molecule has 2 fully saturated rings. The SMILES string of the molecule is Cc1nc(N2CCCC2C(=O)NCCN2CCNC2=O)nc2ccc(F)cc12. The molecular formula is C19H23FN6O2. The normalized spacial score (nSPS) is 19.4. The number of hydrogen-bond acceptors (Lipinski definition) is 5. The van der Waals surface area contributed by atoms with Crippen molar-refractivity contribution in [1.29, 1.82) is 0 Å². The van der Waals surface area contributed by atoms with E-state index in [1.54, 1.807) is 11.0 Å². The Morgan fingerprint density at radius 3 is 3.00 bits per heavy atom. The highest BCUT2D eigenvalue weighted by molar-refractivity contribution is 5.86. The molecule has 2 aliphatic rings. The molecule has 28 heavy (non-hydrogen) atoms. The van der Waals surface area contributed by atoms with E-state index in [2.05, 4.69) is 20.6 Å². The number of carbonyl (C=O) groups is 2. The summed E-state index contributed by atoms with van der Waals surface area (Å²) in [5.41, 5.74) is 1.35. The molecule has 9 heteroatoms. The second-order valence-electron chi connectivity index (χ2n) is 7.13. The summed E-state index contributed by atoms with van der Waals surface area (Å²) in [4.78, 5) is 36.9. The van der Waals surface area contributed by atoms with E-state index < -0.39 is 0 Å². The van der Waals surface area contributed by atoms with Gasteiger partial charge in [0.15, 0.2) is 0 Å². The van der Waals surface area contributed by atoms with E-state index in [0.29, 0.717) is 55.3 Å². The summed E-state index contributed by atoms with van der Waals surface area (Å²) < 4.78 is 13.5. The number of halogens is 1. The lowest BCUT2D eigenvalue weighted by Crippen LogP contribution is -2.46. The predicted molar refractivity (Wildman–Crippen MR) is 103 cm³/mol. The van der Waals surface area contributed by atoms with E-state index >= 15 is 0 Å². The highest BCUT2D eigenvalue weighted by atomic mass is 19.1. The maximum absolute atomic E-state index is 13.5. The fourth-order valence-electron chi connectivity index (χ4n) is 3.80. The van der Waals surface area contributed by atoms with Crippen molar-refractivity contribution in [2.75, 3.05) is 37.6 Å². The van der Waals surface area contributed by atoms with Crippen LogP contribution < -0.4 is 15.5 Å². The van der Waals surface area contributed by atoms with Crippen LogP contribution in [-0.4, -0.2) is 65.6 Å². The molecule has 0 spiro atoms. The molecule has 0 saturated carbocycles. The molecule has 2 aliphatic heterocycles. The van der Waals surface area contributed by atoms with Crippen LogP contribution in [0, 0.1) is 12.7 Å². The minimum Gasteiger partial charge on any atom is -0.353 e. The number of urea groups is 1. The first-order valence-electron chi connectivity index (χ1n) is 9.54. The zero-order valence-electron chi connectivity index (χ0n) is 15.7. The fraction of sp³-hybridized carbons (Fsp3) is 0.474. The van der Waals surface area contributed by atoms with Crippen LogP contribution in [0.2, 0.25) is 0 Å². The number of aryl methyl sites for hydroxylation is 1. The molecule has 2 N–H and O–H groups in total. The Balaban J connectivity index is 1.45. The average molecular weight is 386 g/mol. The van der Waals surface area contributed by atoms with Crippen LogP contribution in [0.3, 0.4) is 0 Å². The Morgan fingerprint density at radius 2 is 2.21 bits per heavy atom. The van der Waals surface area contributed by atoms with Gasteiger partial charge in [0.25, 0.3) is 0 Å². The Labute approximate surface area is 162 Å². The molecule has 2 aromatic rings. The average Bonchev–Trinajstić information content (AvgIpc) is 3.31. The first-order valence-corrected chi connectivity index (χ1v) is 9.54. The van der Waals surface area contributed by atoms with E-state index in [1.807, 2.05) is 11.8 Å². The number of nitrogens with one attached hydrogen (secondary N) is 2. The van der Waals surface area contributed by atoms with Crippen LogP contribution in [0.25, 0.3) is 10.9 Å². The lowest BCUT2D eigenvalue weighted by Gasteiger charge is -2.25. The van der Waals surface area contributed by atoms with Crippen LogP contribution in [0.4, 0.5) is 15.1 Å². The van der Waals surface area contributed by atoms with Gasteiger partial charge < -0.3 is 20.4 Å². The molecule has 1 aromatic carbocycles. The second kappa shape index (κ2) is 7.57. The summed E-state index contributed by atoms with van der Waals surface area (Å²) >= 11 is 0. The van der Waals surface area contributed by atoms with Crippen molar-refractivity contribution in [3.8, 4) is 0 Å². The summed E-state index contributed by atoms with van der Waals surface area (Å²) in [6.45, 7) is 4.72. The third-order valence-electron chi connectivity index (χ3n) is 5.27. The Kier molecular flexibility index (Phi) is 4.97. The largest absolute Gasteiger partial charge is 0.353 e. The molecule has 1 unspecified atom stereocenters. The van der Waals surface area contributed by atoms with Gasteiger partial charge in [-0.25, -0.2) is 19.2 Å². The van der Waals surface area contributed by atoms with Crippen molar-refractivity contribution in [1.82, 2.24) is 25.5 Å². The lowest BCUT2D eigenvalue weighted by atomic mass is 10.2. The maximum atomic E-state index is 13.5. The molecule has 0 radical (unpaired) electrons. The number of nitrogens with zero attached hydrogens (tertiary/aromatic N) is 4. The van der Waals surface area contributed by atoms with Crippen LogP contribution in [0.15, 0.2) is 18.2 Å². The number of rotatable bonds is 5. The number of amides is 3. The highest BCUT2D eigenvalue weighted by Gasteiger charge is 2.33. The van der Waals surface area contributed by atoms with E-state index in [0.717, 1.165) is 12.8 Å². The van der Waals surface area contributed by atoms with Gasteiger partial charge in [-0.1, -0.05) is 0 Å². The summed E-state index contributed by atoms with van der Waals surface area (Å²) in [6.07, 6.45) is 1.59. The summed E-state index contributed by atoms with van der Waals surface area (Å²) in [5.74, 6) is 0.0859. The molecule has 0 bridgehead atoms. The lowest BCUT2D eigenvalue weighted by molar-refractivity contribution is -0.122. The zero-order chi connectivity index (χ0) is 19.7. The molecule has 2 saturated heterocycles.